The van der Waals surface area contributed by atoms with Gasteiger partial charge < -0.3 is 20.1 Å². The van der Waals surface area contributed by atoms with E-state index in [-0.39, 0.29) is 17.9 Å². The van der Waals surface area contributed by atoms with Crippen LogP contribution in [0.2, 0.25) is 5.02 Å². The summed E-state index contributed by atoms with van der Waals surface area (Å²) in [4.78, 5) is 29.6. The third kappa shape index (κ3) is 2.91. The molecule has 0 unspecified atom stereocenters. The summed E-state index contributed by atoms with van der Waals surface area (Å²) < 4.78 is 10.7. The van der Waals surface area contributed by atoms with Crippen molar-refractivity contribution < 1.29 is 19.1 Å². The summed E-state index contributed by atoms with van der Waals surface area (Å²) in [5.41, 5.74) is 1.91. The summed E-state index contributed by atoms with van der Waals surface area (Å²) >= 11 is 6.42. The maximum atomic E-state index is 13.8. The number of carbonyl (C=O) groups excluding carboxylic acids is 2. The zero-order valence-electron chi connectivity index (χ0n) is 18.3. The highest BCUT2D eigenvalue weighted by atomic mass is 35.5. The number of carbonyl (C=O) groups is 2. The predicted molar refractivity (Wildman–Crippen MR) is 123 cm³/mol. The van der Waals surface area contributed by atoms with Crippen molar-refractivity contribution in [1.82, 2.24) is 4.90 Å². The highest BCUT2D eigenvalue weighted by molar-refractivity contribution is 6.31. The molecular weight excluding hydrogens is 430 g/mol. The van der Waals surface area contributed by atoms with Crippen LogP contribution in [0, 0.1) is 12.8 Å². The Labute approximate surface area is 192 Å². The Morgan fingerprint density at radius 2 is 2.06 bits per heavy atom. The van der Waals surface area contributed by atoms with E-state index in [0.29, 0.717) is 28.6 Å². The summed E-state index contributed by atoms with van der Waals surface area (Å²) in [7, 11) is 3.12. The van der Waals surface area contributed by atoms with Gasteiger partial charge in [0, 0.05) is 28.4 Å². The fourth-order valence-electron chi connectivity index (χ4n) is 5.79. The molecule has 0 aromatic heterocycles. The van der Waals surface area contributed by atoms with E-state index in [9.17, 15) is 9.59 Å². The minimum absolute atomic E-state index is 0.153. The van der Waals surface area contributed by atoms with Gasteiger partial charge in [0.05, 0.1) is 25.8 Å². The molecule has 2 N–H and O–H groups in total. The monoisotopic (exact) mass is 455 g/mol. The van der Waals surface area contributed by atoms with Crippen molar-refractivity contribution in [3.05, 3.63) is 46.5 Å². The molecular formula is C24H26ClN3O4. The number of anilines is 2. The molecule has 32 heavy (non-hydrogen) atoms. The molecule has 5 rings (SSSR count). The normalized spacial score (nSPS) is 26.1. The van der Waals surface area contributed by atoms with E-state index in [0.717, 1.165) is 36.2 Å². The van der Waals surface area contributed by atoms with Crippen molar-refractivity contribution in [2.24, 2.45) is 5.92 Å². The van der Waals surface area contributed by atoms with Crippen molar-refractivity contribution in [1.29, 1.82) is 0 Å². The number of fused-ring (bicyclic) bond motifs is 4. The first kappa shape index (κ1) is 21.1. The van der Waals surface area contributed by atoms with Crippen LogP contribution in [-0.4, -0.2) is 43.5 Å². The summed E-state index contributed by atoms with van der Waals surface area (Å²) in [5, 5.41) is 6.64. The van der Waals surface area contributed by atoms with Crippen LogP contribution in [0.15, 0.2) is 30.3 Å². The van der Waals surface area contributed by atoms with E-state index in [1.54, 1.807) is 32.4 Å². The molecule has 7 nitrogen and oxygen atoms in total. The van der Waals surface area contributed by atoms with Crippen LogP contribution in [0.3, 0.4) is 0 Å². The van der Waals surface area contributed by atoms with Crippen LogP contribution in [0.25, 0.3) is 0 Å². The van der Waals surface area contributed by atoms with E-state index in [1.807, 2.05) is 19.1 Å². The summed E-state index contributed by atoms with van der Waals surface area (Å²) in [6, 6.07) is 9.10. The topological polar surface area (TPSA) is 79.9 Å². The number of methoxy groups -OCH3 is 2. The molecule has 8 heteroatoms. The van der Waals surface area contributed by atoms with Crippen LogP contribution in [0.4, 0.5) is 11.4 Å². The first-order valence-electron chi connectivity index (χ1n) is 10.8. The van der Waals surface area contributed by atoms with Gasteiger partial charge in [-0.05, 0) is 62.6 Å². The maximum absolute atomic E-state index is 13.8. The van der Waals surface area contributed by atoms with Crippen molar-refractivity contribution in [3.63, 3.8) is 0 Å². The van der Waals surface area contributed by atoms with Gasteiger partial charge in [-0.2, -0.15) is 0 Å². The number of hydrogen-bond acceptors (Lipinski definition) is 5. The van der Waals surface area contributed by atoms with E-state index in [2.05, 4.69) is 15.5 Å². The fraction of sp³-hybridized carbons (Fsp3) is 0.417. The molecule has 0 saturated carbocycles. The second kappa shape index (κ2) is 7.67. The summed E-state index contributed by atoms with van der Waals surface area (Å²) in [6.45, 7) is 2.70. The van der Waals surface area contributed by atoms with Crippen LogP contribution >= 0.6 is 11.6 Å². The molecule has 2 aromatic rings. The van der Waals surface area contributed by atoms with Gasteiger partial charge in [-0.15, -0.1) is 0 Å². The van der Waals surface area contributed by atoms with Crippen LogP contribution in [-0.2, 0) is 15.1 Å². The number of nitrogens with zero attached hydrogens (tertiary/aromatic N) is 1. The number of amides is 2. The smallest absolute Gasteiger partial charge is 0.250 e. The van der Waals surface area contributed by atoms with Gasteiger partial charge in [-0.1, -0.05) is 11.6 Å². The molecule has 0 radical (unpaired) electrons. The van der Waals surface area contributed by atoms with Crippen molar-refractivity contribution in [2.75, 3.05) is 31.4 Å². The first-order valence-corrected chi connectivity index (χ1v) is 11.2. The summed E-state index contributed by atoms with van der Waals surface area (Å²) in [6.07, 6.45) is 2.58. The lowest BCUT2D eigenvalue weighted by Crippen LogP contribution is -2.53. The predicted octanol–water partition coefficient (Wildman–Crippen LogP) is 3.94. The Bertz CT molecular complexity index is 1120. The fourth-order valence-corrected chi connectivity index (χ4v) is 6.06. The lowest BCUT2D eigenvalue weighted by molar-refractivity contribution is -0.135. The molecule has 0 bridgehead atoms. The Morgan fingerprint density at radius 1 is 1.25 bits per heavy atom. The highest BCUT2D eigenvalue weighted by Crippen LogP contribution is 2.56. The molecule has 3 aliphatic heterocycles. The molecule has 3 aliphatic rings. The number of hydrogen-bond donors (Lipinski definition) is 2. The van der Waals surface area contributed by atoms with Crippen molar-refractivity contribution in [3.8, 4) is 11.5 Å². The average Bonchev–Trinajstić information content (AvgIpc) is 3.43. The van der Waals surface area contributed by atoms with Gasteiger partial charge in [0.1, 0.15) is 17.0 Å². The second-order valence-corrected chi connectivity index (χ2v) is 9.14. The number of nitrogens with one attached hydrogen (secondary N) is 2. The largest absolute Gasteiger partial charge is 0.497 e. The molecule has 2 aromatic carbocycles. The average molecular weight is 456 g/mol. The zero-order valence-corrected chi connectivity index (χ0v) is 19.1. The lowest BCUT2D eigenvalue weighted by Gasteiger charge is -2.36. The van der Waals surface area contributed by atoms with Gasteiger partial charge in [0.25, 0.3) is 0 Å². The number of benzene rings is 2. The number of rotatable bonds is 4. The molecule has 168 valence electrons. The van der Waals surface area contributed by atoms with Gasteiger partial charge in [0.2, 0.25) is 11.8 Å². The van der Waals surface area contributed by atoms with Gasteiger partial charge in [-0.25, -0.2) is 0 Å². The van der Waals surface area contributed by atoms with Crippen LogP contribution < -0.4 is 20.1 Å². The van der Waals surface area contributed by atoms with E-state index >= 15 is 0 Å². The minimum atomic E-state index is -1.07. The maximum Gasteiger partial charge on any atom is 0.250 e. The standard InChI is InChI=1S/C24H26ClN3O4/c1-13-9-14(25)10-17-21(13)27-23(30)24(17)18(11-15-5-4-8-28(15)24)22(29)26-19-12-16(31-2)6-7-20(19)32-3/h6-7,9-10,12,15,18H,4-5,8,11H2,1-3H3,(H,26,29)(H,27,30)/t15-,18-,24+/m1/s1. The van der Waals surface area contributed by atoms with Gasteiger partial charge >= 0.3 is 0 Å². The number of aryl methyl sites for hydroxylation is 1. The van der Waals surface area contributed by atoms with E-state index in [4.69, 9.17) is 21.1 Å². The third-order valence-electron chi connectivity index (χ3n) is 7.12. The Morgan fingerprint density at radius 3 is 2.81 bits per heavy atom. The van der Waals surface area contributed by atoms with Gasteiger partial charge in [0.15, 0.2) is 0 Å². The molecule has 3 atom stereocenters. The molecule has 1 spiro atoms. The Hall–Kier alpha value is -2.77. The van der Waals surface area contributed by atoms with Gasteiger partial charge in [-0.3, -0.25) is 14.5 Å². The zero-order chi connectivity index (χ0) is 22.6. The second-order valence-electron chi connectivity index (χ2n) is 8.70. The SMILES string of the molecule is COc1ccc(OC)c(NC(=O)[C@H]2C[C@H]3CCCN3[C@]23C(=O)Nc2c(C)cc(Cl)cc23)c1. The molecule has 2 fully saturated rings. The van der Waals surface area contributed by atoms with Crippen LogP contribution in [0.1, 0.15) is 30.4 Å². The van der Waals surface area contributed by atoms with Crippen molar-refractivity contribution in [2.45, 2.75) is 37.8 Å². The quantitative estimate of drug-likeness (QED) is 0.730. The number of ether oxygens (including phenoxy) is 2. The summed E-state index contributed by atoms with van der Waals surface area (Å²) in [5.74, 6) is 0.200. The molecule has 3 heterocycles. The Kier molecular flexibility index (Phi) is 5.06. The molecule has 2 saturated heterocycles. The van der Waals surface area contributed by atoms with Crippen LogP contribution in [0.5, 0.6) is 11.5 Å². The lowest BCUT2D eigenvalue weighted by atomic mass is 9.78. The Balaban J connectivity index is 1.60. The van der Waals surface area contributed by atoms with Crippen molar-refractivity contribution >= 4 is 34.8 Å². The highest BCUT2D eigenvalue weighted by Gasteiger charge is 2.65. The van der Waals surface area contributed by atoms with E-state index in [1.165, 1.54) is 0 Å². The minimum Gasteiger partial charge on any atom is -0.497 e. The first-order chi connectivity index (χ1) is 15.4. The molecule has 0 aliphatic carbocycles. The number of halogens is 1. The molecule has 2 amide bonds. The third-order valence-corrected chi connectivity index (χ3v) is 7.34. The van der Waals surface area contributed by atoms with E-state index < -0.39 is 11.5 Å².